The summed E-state index contributed by atoms with van der Waals surface area (Å²) in [5.74, 6) is 0.213. The first-order valence-corrected chi connectivity index (χ1v) is 8.86. The molecule has 0 bridgehead atoms. The van der Waals surface area contributed by atoms with Gasteiger partial charge >= 0.3 is 0 Å². The van der Waals surface area contributed by atoms with Gasteiger partial charge in [0.15, 0.2) is 0 Å². The first kappa shape index (κ1) is 17.7. The average Bonchev–Trinajstić information content (AvgIpc) is 2.55. The molecule has 0 heterocycles. The quantitative estimate of drug-likeness (QED) is 0.800. The summed E-state index contributed by atoms with van der Waals surface area (Å²) < 4.78 is 32.2. The number of nitrogens with one attached hydrogen (secondary N) is 1. The van der Waals surface area contributed by atoms with E-state index in [1.165, 1.54) is 19.2 Å². The highest BCUT2D eigenvalue weighted by molar-refractivity contribution is 7.89. The molecular formula is C16H18ClNO4S. The predicted molar refractivity (Wildman–Crippen MR) is 89.2 cm³/mol. The Hall–Kier alpha value is -1.60. The second kappa shape index (κ2) is 7.79. The van der Waals surface area contributed by atoms with E-state index in [4.69, 9.17) is 16.3 Å². The molecule has 0 saturated carbocycles. The largest absolute Gasteiger partial charge is 0.495 e. The van der Waals surface area contributed by atoms with E-state index < -0.39 is 16.1 Å². The summed E-state index contributed by atoms with van der Waals surface area (Å²) >= 11 is 5.86. The monoisotopic (exact) mass is 355 g/mol. The van der Waals surface area contributed by atoms with E-state index >= 15 is 0 Å². The molecule has 0 radical (unpaired) electrons. The first-order valence-electron chi connectivity index (χ1n) is 7.00. The highest BCUT2D eigenvalue weighted by Gasteiger charge is 2.20. The number of rotatable bonds is 7. The third-order valence-corrected chi connectivity index (χ3v) is 5.03. The molecule has 0 amide bonds. The van der Waals surface area contributed by atoms with Crippen LogP contribution in [-0.4, -0.2) is 27.2 Å². The van der Waals surface area contributed by atoms with Gasteiger partial charge in [0.2, 0.25) is 10.0 Å². The predicted octanol–water partition coefficient (Wildman–Crippen LogP) is 2.75. The van der Waals surface area contributed by atoms with Crippen LogP contribution in [0.25, 0.3) is 0 Å². The summed E-state index contributed by atoms with van der Waals surface area (Å²) in [6.07, 6.45) is -0.480. The number of aliphatic hydroxyl groups excluding tert-OH is 1. The Morgan fingerprint density at radius 1 is 1.22 bits per heavy atom. The number of aliphatic hydroxyl groups is 1. The Kier molecular flexibility index (Phi) is 6.01. The minimum absolute atomic E-state index is 0.0262. The van der Waals surface area contributed by atoms with Gasteiger partial charge < -0.3 is 9.84 Å². The molecule has 0 aliphatic rings. The standard InChI is InChI=1S/C16H18ClNO4S/c1-22-15-8-7-13(17)11-16(15)23(20,21)18-10-9-14(19)12-5-3-2-4-6-12/h2-8,11,14,18-19H,9-10H2,1H3/t14-/m1/s1. The number of ether oxygens (including phenoxy) is 1. The molecule has 5 nitrogen and oxygen atoms in total. The molecule has 0 aliphatic carbocycles. The van der Waals surface area contributed by atoms with E-state index in [0.717, 1.165) is 5.56 Å². The molecule has 1 atom stereocenters. The molecule has 2 rings (SSSR count). The summed E-state index contributed by atoms with van der Waals surface area (Å²) in [5, 5.41) is 10.4. The lowest BCUT2D eigenvalue weighted by Gasteiger charge is -2.13. The molecule has 124 valence electrons. The van der Waals surface area contributed by atoms with Crippen molar-refractivity contribution in [1.82, 2.24) is 4.72 Å². The summed E-state index contributed by atoms with van der Waals surface area (Å²) in [5.41, 5.74) is 0.743. The van der Waals surface area contributed by atoms with Crippen molar-refractivity contribution in [2.75, 3.05) is 13.7 Å². The number of methoxy groups -OCH3 is 1. The van der Waals surface area contributed by atoms with Crippen LogP contribution in [0.1, 0.15) is 18.1 Å². The second-order valence-corrected chi connectivity index (χ2v) is 7.08. The molecule has 7 heteroatoms. The van der Waals surface area contributed by atoms with Crippen LogP contribution in [0.3, 0.4) is 0 Å². The molecule has 0 aromatic heterocycles. The molecule has 0 fully saturated rings. The summed E-state index contributed by atoms with van der Waals surface area (Å²) in [6.45, 7) is 0.0913. The van der Waals surface area contributed by atoms with E-state index in [9.17, 15) is 13.5 Å². The van der Waals surface area contributed by atoms with Crippen molar-refractivity contribution in [2.45, 2.75) is 17.4 Å². The molecule has 2 N–H and O–H groups in total. The highest BCUT2D eigenvalue weighted by Crippen LogP contribution is 2.27. The van der Waals surface area contributed by atoms with Gasteiger partial charge in [-0.25, -0.2) is 13.1 Å². The number of hydrogen-bond acceptors (Lipinski definition) is 4. The maximum Gasteiger partial charge on any atom is 0.244 e. The van der Waals surface area contributed by atoms with Gasteiger partial charge in [0.1, 0.15) is 10.6 Å². The van der Waals surface area contributed by atoms with E-state index in [1.807, 2.05) is 18.2 Å². The number of halogens is 1. The maximum absolute atomic E-state index is 12.4. The lowest BCUT2D eigenvalue weighted by Crippen LogP contribution is -2.26. The van der Waals surface area contributed by atoms with E-state index in [-0.39, 0.29) is 23.6 Å². The number of sulfonamides is 1. The SMILES string of the molecule is COc1ccc(Cl)cc1S(=O)(=O)NCC[C@@H](O)c1ccccc1. The Balaban J connectivity index is 2.04. The molecule has 23 heavy (non-hydrogen) atoms. The minimum atomic E-state index is -3.77. The van der Waals surface area contributed by atoms with Crippen molar-refractivity contribution in [3.63, 3.8) is 0 Å². The van der Waals surface area contributed by atoms with Gasteiger partial charge in [-0.2, -0.15) is 0 Å². The molecule has 0 spiro atoms. The van der Waals surface area contributed by atoms with Crippen LogP contribution >= 0.6 is 11.6 Å². The lowest BCUT2D eigenvalue weighted by molar-refractivity contribution is 0.169. The van der Waals surface area contributed by atoms with Crippen LogP contribution in [0.15, 0.2) is 53.4 Å². The van der Waals surface area contributed by atoms with Crippen molar-refractivity contribution in [3.05, 3.63) is 59.1 Å². The second-order valence-electron chi connectivity index (χ2n) is 4.91. The van der Waals surface area contributed by atoms with Crippen LogP contribution in [0, 0.1) is 0 Å². The van der Waals surface area contributed by atoms with Crippen LogP contribution in [0.5, 0.6) is 5.75 Å². The van der Waals surface area contributed by atoms with Crippen molar-refractivity contribution in [2.24, 2.45) is 0 Å². The van der Waals surface area contributed by atoms with Crippen LogP contribution in [0.4, 0.5) is 0 Å². The minimum Gasteiger partial charge on any atom is -0.495 e. The third-order valence-electron chi connectivity index (χ3n) is 3.31. The summed E-state index contributed by atoms with van der Waals surface area (Å²) in [4.78, 5) is -0.0262. The average molecular weight is 356 g/mol. The van der Waals surface area contributed by atoms with Gasteiger partial charge in [-0.3, -0.25) is 0 Å². The number of hydrogen-bond donors (Lipinski definition) is 2. The number of benzene rings is 2. The van der Waals surface area contributed by atoms with Crippen LogP contribution in [0.2, 0.25) is 5.02 Å². The van der Waals surface area contributed by atoms with Gasteiger partial charge in [-0.15, -0.1) is 0 Å². The Labute approximate surface area is 140 Å². The third kappa shape index (κ3) is 4.68. The Morgan fingerprint density at radius 3 is 2.57 bits per heavy atom. The molecule has 2 aromatic carbocycles. The van der Waals surface area contributed by atoms with Crippen molar-refractivity contribution in [3.8, 4) is 5.75 Å². The van der Waals surface area contributed by atoms with Gasteiger partial charge in [0.05, 0.1) is 13.2 Å². The fourth-order valence-electron chi connectivity index (χ4n) is 2.11. The van der Waals surface area contributed by atoms with E-state index in [1.54, 1.807) is 18.2 Å². The first-order chi connectivity index (χ1) is 10.9. The molecule has 2 aromatic rings. The fourth-order valence-corrected chi connectivity index (χ4v) is 3.59. The van der Waals surface area contributed by atoms with Gasteiger partial charge in [0, 0.05) is 11.6 Å². The van der Waals surface area contributed by atoms with E-state index in [0.29, 0.717) is 5.02 Å². The Bertz CT molecular complexity index is 750. The normalized spacial score (nSPS) is 12.8. The highest BCUT2D eigenvalue weighted by atomic mass is 35.5. The zero-order valence-corrected chi connectivity index (χ0v) is 14.1. The van der Waals surface area contributed by atoms with Gasteiger partial charge in [-0.1, -0.05) is 41.9 Å². The van der Waals surface area contributed by atoms with Crippen molar-refractivity contribution < 1.29 is 18.3 Å². The summed E-state index contributed by atoms with van der Waals surface area (Å²) in [7, 11) is -2.38. The maximum atomic E-state index is 12.4. The zero-order valence-electron chi connectivity index (χ0n) is 12.6. The van der Waals surface area contributed by atoms with Crippen molar-refractivity contribution in [1.29, 1.82) is 0 Å². The van der Waals surface area contributed by atoms with Crippen LogP contribution < -0.4 is 9.46 Å². The summed E-state index contributed by atoms with van der Waals surface area (Å²) in [6, 6.07) is 13.5. The fraction of sp³-hybridized carbons (Fsp3) is 0.250. The van der Waals surface area contributed by atoms with Gasteiger partial charge in [-0.05, 0) is 30.2 Å². The molecule has 0 saturated heterocycles. The molecule has 0 aliphatic heterocycles. The van der Waals surface area contributed by atoms with Crippen LogP contribution in [-0.2, 0) is 10.0 Å². The molecule has 0 unspecified atom stereocenters. The zero-order chi connectivity index (χ0) is 16.9. The van der Waals surface area contributed by atoms with E-state index in [2.05, 4.69) is 4.72 Å². The Morgan fingerprint density at radius 2 is 1.91 bits per heavy atom. The van der Waals surface area contributed by atoms with Crippen molar-refractivity contribution >= 4 is 21.6 Å². The topological polar surface area (TPSA) is 75.6 Å². The van der Waals surface area contributed by atoms with Gasteiger partial charge in [0.25, 0.3) is 0 Å². The lowest BCUT2D eigenvalue weighted by atomic mass is 10.1. The smallest absolute Gasteiger partial charge is 0.244 e. The molecular weight excluding hydrogens is 338 g/mol.